The van der Waals surface area contributed by atoms with Crippen molar-refractivity contribution in [2.75, 3.05) is 0 Å². The molecule has 1 aromatic heterocycles. The monoisotopic (exact) mass is 489 g/mol. The molecular weight excluding hydrogens is 462 g/mol. The number of amides is 4. The minimum Gasteiger partial charge on any atom is -0.339 e. The Morgan fingerprint density at radius 1 is 0.611 bits per heavy atom. The quantitative estimate of drug-likeness (QED) is 0.129. The van der Waals surface area contributed by atoms with E-state index in [1.807, 2.05) is 71.5 Å². The normalized spacial score (nSPS) is 12.1. The van der Waals surface area contributed by atoms with Crippen molar-refractivity contribution in [3.05, 3.63) is 101 Å². The fourth-order valence-electron chi connectivity index (χ4n) is 3.47. The number of benzene rings is 2. The van der Waals surface area contributed by atoms with Crippen LogP contribution in [0, 0.1) is 0 Å². The first-order valence-electron chi connectivity index (χ1n) is 11.1. The molecule has 2 atom stereocenters. The summed E-state index contributed by atoms with van der Waals surface area (Å²) in [7, 11) is 0. The first-order valence-corrected chi connectivity index (χ1v) is 11.1. The molecule has 0 fully saturated rings. The number of carbonyl (C=O) groups excluding carboxylic acids is 4. The molecule has 3 rings (SSSR count). The van der Waals surface area contributed by atoms with Gasteiger partial charge in [-0.3, -0.25) is 30.0 Å². The van der Waals surface area contributed by atoms with E-state index in [0.717, 1.165) is 11.1 Å². The molecular formula is C25H27N7O4. The van der Waals surface area contributed by atoms with Gasteiger partial charge in [0.1, 0.15) is 23.5 Å². The van der Waals surface area contributed by atoms with Crippen LogP contribution in [0.25, 0.3) is 0 Å². The van der Waals surface area contributed by atoms with Crippen LogP contribution < -0.4 is 33.2 Å². The molecule has 0 bridgehead atoms. The molecule has 0 aliphatic rings. The zero-order valence-corrected chi connectivity index (χ0v) is 19.3. The van der Waals surface area contributed by atoms with Gasteiger partial charge in [0, 0.05) is 12.8 Å². The molecule has 0 saturated heterocycles. The number of nitrogens with zero attached hydrogens (tertiary/aromatic N) is 1. The molecule has 0 saturated carbocycles. The van der Waals surface area contributed by atoms with Crippen molar-refractivity contribution in [3.63, 3.8) is 0 Å². The third kappa shape index (κ3) is 7.19. The Kier molecular flexibility index (Phi) is 9.20. The molecule has 0 unspecified atom stereocenters. The van der Waals surface area contributed by atoms with E-state index in [-0.39, 0.29) is 24.2 Å². The molecule has 36 heavy (non-hydrogen) atoms. The molecule has 4 amide bonds. The molecule has 3 aromatic rings. The van der Waals surface area contributed by atoms with Crippen molar-refractivity contribution in [2.24, 2.45) is 11.7 Å². The number of nitrogens with one attached hydrogen (secondary N) is 4. The summed E-state index contributed by atoms with van der Waals surface area (Å²) in [4.78, 5) is 54.3. The Morgan fingerprint density at radius 3 is 1.36 bits per heavy atom. The van der Waals surface area contributed by atoms with E-state index in [1.165, 1.54) is 18.2 Å². The summed E-state index contributed by atoms with van der Waals surface area (Å²) in [6, 6.07) is 20.5. The average Bonchev–Trinajstić information content (AvgIpc) is 2.92. The SMILES string of the molecule is NNC(=O)[C@H](Cc1ccccc1)NC(=O)c1cccc(C(=O)N[C@@H](Cc2ccccc2)C(=O)NN)n1. The summed E-state index contributed by atoms with van der Waals surface area (Å²) in [6.45, 7) is 0. The Labute approximate surface area is 207 Å². The lowest BCUT2D eigenvalue weighted by Gasteiger charge is -2.18. The summed E-state index contributed by atoms with van der Waals surface area (Å²) >= 11 is 0. The van der Waals surface area contributed by atoms with Crippen molar-refractivity contribution < 1.29 is 19.2 Å². The zero-order valence-electron chi connectivity index (χ0n) is 19.3. The van der Waals surface area contributed by atoms with Gasteiger partial charge in [0.25, 0.3) is 23.6 Å². The maximum Gasteiger partial charge on any atom is 0.270 e. The van der Waals surface area contributed by atoms with Crippen LogP contribution >= 0.6 is 0 Å². The smallest absolute Gasteiger partial charge is 0.270 e. The highest BCUT2D eigenvalue weighted by Gasteiger charge is 2.24. The van der Waals surface area contributed by atoms with Gasteiger partial charge in [-0.1, -0.05) is 66.7 Å². The Morgan fingerprint density at radius 2 is 1.00 bits per heavy atom. The van der Waals surface area contributed by atoms with E-state index in [4.69, 9.17) is 11.7 Å². The van der Waals surface area contributed by atoms with Crippen molar-refractivity contribution >= 4 is 23.6 Å². The van der Waals surface area contributed by atoms with Crippen molar-refractivity contribution in [1.29, 1.82) is 0 Å². The summed E-state index contributed by atoms with van der Waals surface area (Å²) in [5.41, 5.74) is 5.54. The van der Waals surface area contributed by atoms with Crippen molar-refractivity contribution in [3.8, 4) is 0 Å². The van der Waals surface area contributed by atoms with Gasteiger partial charge in [-0.2, -0.15) is 0 Å². The maximum atomic E-state index is 12.9. The molecule has 1 heterocycles. The Bertz CT molecular complexity index is 1110. The van der Waals surface area contributed by atoms with Crippen molar-refractivity contribution in [1.82, 2.24) is 26.5 Å². The number of pyridine rings is 1. The van der Waals surface area contributed by atoms with Crippen LogP contribution in [0.1, 0.15) is 32.1 Å². The summed E-state index contributed by atoms with van der Waals surface area (Å²) < 4.78 is 0. The standard InChI is InChI=1S/C25H27N7O4/c26-31-24(35)20(14-16-8-3-1-4-9-16)29-22(33)18-12-7-13-19(28-18)23(34)30-21(25(36)32-27)15-17-10-5-2-6-11-17/h1-13,20-21H,14-15,26-27H2,(H,29,33)(H,30,34)(H,31,35)(H,32,36)/t20-,21-/m0/s1. The van der Waals surface area contributed by atoms with Crippen LogP contribution in [0.3, 0.4) is 0 Å². The first kappa shape index (κ1) is 26.0. The van der Waals surface area contributed by atoms with Gasteiger partial charge in [-0.05, 0) is 23.3 Å². The summed E-state index contributed by atoms with van der Waals surface area (Å²) in [5, 5.41) is 5.19. The van der Waals surface area contributed by atoms with Gasteiger partial charge >= 0.3 is 0 Å². The highest BCUT2D eigenvalue weighted by atomic mass is 16.2. The number of nitrogens with two attached hydrogens (primary N) is 2. The van der Waals surface area contributed by atoms with Crippen LogP contribution in [0.5, 0.6) is 0 Å². The van der Waals surface area contributed by atoms with Gasteiger partial charge in [0.05, 0.1) is 0 Å². The minimum atomic E-state index is -0.965. The fraction of sp³-hybridized carbons (Fsp3) is 0.160. The molecule has 8 N–H and O–H groups in total. The lowest BCUT2D eigenvalue weighted by molar-refractivity contribution is -0.123. The number of hydrogen-bond acceptors (Lipinski definition) is 7. The largest absolute Gasteiger partial charge is 0.339 e. The molecule has 0 aliphatic heterocycles. The van der Waals surface area contributed by atoms with E-state index in [1.54, 1.807) is 0 Å². The second kappa shape index (κ2) is 12.7. The van der Waals surface area contributed by atoms with E-state index in [9.17, 15) is 19.2 Å². The van der Waals surface area contributed by atoms with Crippen LogP contribution in [-0.4, -0.2) is 40.7 Å². The predicted octanol–water partition coefficient (Wildman–Crippen LogP) is -0.256. The van der Waals surface area contributed by atoms with Crippen LogP contribution in [0.15, 0.2) is 78.9 Å². The van der Waals surface area contributed by atoms with Gasteiger partial charge in [0.15, 0.2) is 0 Å². The van der Waals surface area contributed by atoms with Gasteiger partial charge < -0.3 is 10.6 Å². The van der Waals surface area contributed by atoms with E-state index in [0.29, 0.717) is 0 Å². The maximum absolute atomic E-state index is 12.9. The lowest BCUT2D eigenvalue weighted by Crippen LogP contribution is -2.50. The second-order valence-electron chi connectivity index (χ2n) is 7.86. The molecule has 186 valence electrons. The third-order valence-corrected chi connectivity index (χ3v) is 5.31. The number of hydrazine groups is 2. The molecule has 0 radical (unpaired) electrons. The average molecular weight is 490 g/mol. The van der Waals surface area contributed by atoms with Gasteiger partial charge in [-0.15, -0.1) is 0 Å². The minimum absolute atomic E-state index is 0.0894. The Hall–Kier alpha value is -4.61. The molecule has 2 aromatic carbocycles. The van der Waals surface area contributed by atoms with Crippen LogP contribution in [0.4, 0.5) is 0 Å². The summed E-state index contributed by atoms with van der Waals surface area (Å²) in [6.07, 6.45) is 0.399. The second-order valence-corrected chi connectivity index (χ2v) is 7.86. The molecule has 11 nitrogen and oxygen atoms in total. The lowest BCUT2D eigenvalue weighted by atomic mass is 10.0. The number of aromatic nitrogens is 1. The highest BCUT2D eigenvalue weighted by Crippen LogP contribution is 2.07. The van der Waals surface area contributed by atoms with E-state index in [2.05, 4.69) is 15.6 Å². The number of rotatable bonds is 10. The van der Waals surface area contributed by atoms with Crippen LogP contribution in [0.2, 0.25) is 0 Å². The van der Waals surface area contributed by atoms with E-state index >= 15 is 0 Å². The van der Waals surface area contributed by atoms with Crippen LogP contribution in [-0.2, 0) is 22.4 Å². The number of hydrogen-bond donors (Lipinski definition) is 6. The molecule has 0 spiro atoms. The summed E-state index contributed by atoms with van der Waals surface area (Å²) in [5.74, 6) is 8.05. The fourth-order valence-corrected chi connectivity index (χ4v) is 3.47. The van der Waals surface area contributed by atoms with Gasteiger partial charge in [-0.25, -0.2) is 16.7 Å². The van der Waals surface area contributed by atoms with Crippen molar-refractivity contribution in [2.45, 2.75) is 24.9 Å². The third-order valence-electron chi connectivity index (χ3n) is 5.31. The predicted molar refractivity (Wildman–Crippen MR) is 132 cm³/mol. The Balaban J connectivity index is 1.73. The van der Waals surface area contributed by atoms with Gasteiger partial charge in [0.2, 0.25) is 0 Å². The highest BCUT2D eigenvalue weighted by molar-refractivity contribution is 5.99. The molecule has 11 heteroatoms. The molecule has 0 aliphatic carbocycles. The zero-order chi connectivity index (χ0) is 25.9. The first-order chi connectivity index (χ1) is 17.4. The number of carbonyl (C=O) groups is 4. The topological polar surface area (TPSA) is 181 Å². The van der Waals surface area contributed by atoms with E-state index < -0.39 is 35.7 Å².